The minimum Gasteiger partial charge on any atom is -0.242 e. The summed E-state index contributed by atoms with van der Waals surface area (Å²) in [6, 6.07) is 0.898. The lowest BCUT2D eigenvalue weighted by Gasteiger charge is -2.16. The third kappa shape index (κ3) is 0.446. The second-order valence-corrected chi connectivity index (χ2v) is 2.76. The Bertz CT molecular complexity index is 82.7. The molecule has 0 atom stereocenters. The van der Waals surface area contributed by atoms with Crippen molar-refractivity contribution in [2.24, 2.45) is 0 Å². The summed E-state index contributed by atoms with van der Waals surface area (Å²) in [6.07, 6.45) is 2.80. The molecule has 0 radical (unpaired) electrons. The first-order valence-corrected chi connectivity index (χ1v) is 3.35. The second-order valence-electron chi connectivity index (χ2n) is 2.76. The van der Waals surface area contributed by atoms with E-state index in [-0.39, 0.29) is 0 Å². The van der Waals surface area contributed by atoms with Gasteiger partial charge < -0.3 is 0 Å². The molecule has 2 aliphatic heterocycles. The van der Waals surface area contributed by atoms with Gasteiger partial charge in [-0.25, -0.2) is 10.0 Å². The average Bonchev–Trinajstić information content (AvgIpc) is 2.29. The molecule has 0 aliphatic carbocycles. The zero-order valence-electron chi connectivity index (χ0n) is 5.30. The van der Waals surface area contributed by atoms with Gasteiger partial charge in [-0.05, 0) is 12.8 Å². The van der Waals surface area contributed by atoms with Crippen molar-refractivity contribution in [1.29, 1.82) is 0 Å². The van der Waals surface area contributed by atoms with Crippen LogP contribution in [0.1, 0.15) is 12.8 Å². The summed E-state index contributed by atoms with van der Waals surface area (Å²) in [5.41, 5.74) is 0. The van der Waals surface area contributed by atoms with E-state index in [1.165, 1.54) is 25.9 Å². The highest BCUT2D eigenvalue weighted by atomic mass is 15.7. The van der Waals surface area contributed by atoms with E-state index in [1.807, 2.05) is 0 Å². The van der Waals surface area contributed by atoms with E-state index in [0.717, 1.165) is 6.04 Å². The standard InChI is InChI=1S/C6H12N2/c1-7-6-2-4-8(7)5-3-6/h6H,2-5H2,1H3. The minimum absolute atomic E-state index is 0.898. The molecular weight excluding hydrogens is 100 g/mol. The summed E-state index contributed by atoms with van der Waals surface area (Å²) < 4.78 is 0. The summed E-state index contributed by atoms with van der Waals surface area (Å²) >= 11 is 0. The first-order valence-electron chi connectivity index (χ1n) is 3.35. The monoisotopic (exact) mass is 112 g/mol. The van der Waals surface area contributed by atoms with Crippen LogP contribution < -0.4 is 0 Å². The number of rotatable bonds is 0. The highest BCUT2D eigenvalue weighted by molar-refractivity contribution is 4.83. The predicted octanol–water partition coefficient (Wildman–Crippen LogP) is 0.311. The van der Waals surface area contributed by atoms with E-state index >= 15 is 0 Å². The molecule has 46 valence electrons. The van der Waals surface area contributed by atoms with Crippen LogP contribution in [-0.2, 0) is 0 Å². The molecule has 0 unspecified atom stereocenters. The van der Waals surface area contributed by atoms with Crippen molar-refractivity contribution < 1.29 is 0 Å². The van der Waals surface area contributed by atoms with Crippen molar-refractivity contribution in [3.63, 3.8) is 0 Å². The maximum absolute atomic E-state index is 2.44. The molecule has 0 aromatic rings. The number of nitrogens with zero attached hydrogens (tertiary/aromatic N) is 2. The number of fused-ring (bicyclic) bond motifs is 2. The maximum Gasteiger partial charge on any atom is 0.0268 e. The van der Waals surface area contributed by atoms with Gasteiger partial charge in [0.2, 0.25) is 0 Å². The predicted molar refractivity (Wildman–Crippen MR) is 32.4 cm³/mol. The molecule has 2 bridgehead atoms. The Morgan fingerprint density at radius 2 is 1.88 bits per heavy atom. The summed E-state index contributed by atoms with van der Waals surface area (Å²) in [6.45, 7) is 2.61. The van der Waals surface area contributed by atoms with Crippen molar-refractivity contribution in [1.82, 2.24) is 10.0 Å². The Hall–Kier alpha value is -0.0800. The minimum atomic E-state index is 0.898. The van der Waals surface area contributed by atoms with Gasteiger partial charge in [0.15, 0.2) is 0 Å². The molecule has 2 fully saturated rings. The first-order chi connectivity index (χ1) is 3.88. The van der Waals surface area contributed by atoms with E-state index in [2.05, 4.69) is 17.1 Å². The van der Waals surface area contributed by atoms with Crippen LogP contribution in [0, 0.1) is 0 Å². The molecule has 0 N–H and O–H groups in total. The van der Waals surface area contributed by atoms with E-state index in [4.69, 9.17) is 0 Å². The molecule has 8 heavy (non-hydrogen) atoms. The molecule has 2 heteroatoms. The molecule has 0 spiro atoms. The fourth-order valence-electron chi connectivity index (χ4n) is 1.77. The average molecular weight is 112 g/mol. The molecule has 0 aromatic heterocycles. The fraction of sp³-hybridized carbons (Fsp3) is 1.00. The van der Waals surface area contributed by atoms with Crippen LogP contribution in [0.3, 0.4) is 0 Å². The Morgan fingerprint density at radius 1 is 1.25 bits per heavy atom. The van der Waals surface area contributed by atoms with Gasteiger partial charge in [-0.15, -0.1) is 0 Å². The maximum atomic E-state index is 2.44. The molecule has 2 saturated heterocycles. The van der Waals surface area contributed by atoms with E-state index in [1.54, 1.807) is 0 Å². The zero-order valence-corrected chi connectivity index (χ0v) is 5.30. The topological polar surface area (TPSA) is 6.48 Å². The van der Waals surface area contributed by atoms with Crippen molar-refractivity contribution in [2.45, 2.75) is 18.9 Å². The van der Waals surface area contributed by atoms with Gasteiger partial charge in [0.1, 0.15) is 0 Å². The quantitative estimate of drug-likeness (QED) is 0.445. The van der Waals surface area contributed by atoms with Crippen LogP contribution in [0.5, 0.6) is 0 Å². The van der Waals surface area contributed by atoms with Crippen LogP contribution in [0.2, 0.25) is 0 Å². The van der Waals surface area contributed by atoms with Crippen molar-refractivity contribution in [3.8, 4) is 0 Å². The lowest BCUT2D eigenvalue weighted by Crippen LogP contribution is -2.28. The third-order valence-corrected chi connectivity index (χ3v) is 2.42. The number of hydrogen-bond acceptors (Lipinski definition) is 2. The molecule has 0 amide bonds. The van der Waals surface area contributed by atoms with E-state index in [9.17, 15) is 0 Å². The van der Waals surface area contributed by atoms with Gasteiger partial charge in [0, 0.05) is 26.2 Å². The number of hydrogen-bond donors (Lipinski definition) is 0. The third-order valence-electron chi connectivity index (χ3n) is 2.42. The number of hydrazine groups is 1. The van der Waals surface area contributed by atoms with Gasteiger partial charge in [0.05, 0.1) is 0 Å². The largest absolute Gasteiger partial charge is 0.242 e. The molecule has 2 aliphatic rings. The molecular formula is C6H12N2. The fourth-order valence-corrected chi connectivity index (χ4v) is 1.77. The summed E-state index contributed by atoms with van der Waals surface area (Å²) in [5, 5.41) is 4.82. The lowest BCUT2D eigenvalue weighted by molar-refractivity contribution is 0.0881. The second kappa shape index (κ2) is 1.45. The SMILES string of the molecule is CN1C2CCN1CC2. The van der Waals surface area contributed by atoms with E-state index < -0.39 is 0 Å². The van der Waals surface area contributed by atoms with Crippen LogP contribution >= 0.6 is 0 Å². The van der Waals surface area contributed by atoms with Crippen LogP contribution in [0.25, 0.3) is 0 Å². The highest BCUT2D eigenvalue weighted by Crippen LogP contribution is 2.25. The summed E-state index contributed by atoms with van der Waals surface area (Å²) in [5.74, 6) is 0. The Kier molecular flexibility index (Phi) is 0.866. The molecule has 2 nitrogen and oxygen atoms in total. The van der Waals surface area contributed by atoms with Crippen molar-refractivity contribution in [3.05, 3.63) is 0 Å². The van der Waals surface area contributed by atoms with Gasteiger partial charge >= 0.3 is 0 Å². The lowest BCUT2D eigenvalue weighted by atomic mass is 10.1. The molecule has 0 saturated carbocycles. The van der Waals surface area contributed by atoms with Gasteiger partial charge in [-0.1, -0.05) is 0 Å². The van der Waals surface area contributed by atoms with Gasteiger partial charge in [-0.2, -0.15) is 0 Å². The smallest absolute Gasteiger partial charge is 0.0268 e. The normalized spacial score (nSPS) is 46.1. The summed E-state index contributed by atoms with van der Waals surface area (Å²) in [7, 11) is 2.20. The highest BCUT2D eigenvalue weighted by Gasteiger charge is 2.34. The van der Waals surface area contributed by atoms with E-state index in [0.29, 0.717) is 0 Å². The Balaban J connectivity index is 2.16. The van der Waals surface area contributed by atoms with Crippen molar-refractivity contribution in [2.75, 3.05) is 20.1 Å². The van der Waals surface area contributed by atoms with Crippen LogP contribution in [-0.4, -0.2) is 36.2 Å². The molecule has 0 aromatic carbocycles. The summed E-state index contributed by atoms with van der Waals surface area (Å²) in [4.78, 5) is 0. The first kappa shape index (κ1) is 4.77. The van der Waals surface area contributed by atoms with Gasteiger partial charge in [0.25, 0.3) is 0 Å². The van der Waals surface area contributed by atoms with Crippen LogP contribution in [0.15, 0.2) is 0 Å². The Labute approximate surface area is 50.0 Å². The number of piperidine rings is 1. The Morgan fingerprint density at radius 3 is 2.00 bits per heavy atom. The molecule has 2 heterocycles. The van der Waals surface area contributed by atoms with Crippen molar-refractivity contribution >= 4 is 0 Å². The van der Waals surface area contributed by atoms with Crippen LogP contribution in [0.4, 0.5) is 0 Å². The molecule has 2 rings (SSSR count). The zero-order chi connectivity index (χ0) is 5.56. The van der Waals surface area contributed by atoms with Gasteiger partial charge in [-0.3, -0.25) is 0 Å².